The van der Waals surface area contributed by atoms with Crippen molar-refractivity contribution in [3.63, 3.8) is 0 Å². The molecule has 30 heavy (non-hydrogen) atoms. The van der Waals surface area contributed by atoms with Crippen LogP contribution in [-0.2, 0) is 24.7 Å². The lowest BCUT2D eigenvalue weighted by Crippen LogP contribution is -2.51. The number of halogens is 1. The monoisotopic (exact) mass is 472 g/mol. The van der Waals surface area contributed by atoms with Gasteiger partial charge in [-0.25, -0.2) is 16.8 Å². The van der Waals surface area contributed by atoms with Gasteiger partial charge in [-0.3, -0.25) is 4.79 Å². The van der Waals surface area contributed by atoms with Gasteiger partial charge in [-0.05, 0) is 36.4 Å². The van der Waals surface area contributed by atoms with Gasteiger partial charge in [-0.1, -0.05) is 23.7 Å². The molecule has 1 fully saturated rings. The van der Waals surface area contributed by atoms with Crippen molar-refractivity contribution >= 4 is 37.4 Å². The van der Waals surface area contributed by atoms with Crippen LogP contribution < -0.4 is 4.74 Å². The Bertz CT molecular complexity index is 1130. The topological polar surface area (TPSA) is 101 Å². The highest BCUT2D eigenvalue weighted by atomic mass is 35.5. The van der Waals surface area contributed by atoms with Crippen molar-refractivity contribution in [2.75, 3.05) is 39.0 Å². The molecule has 1 aliphatic rings. The highest BCUT2D eigenvalue weighted by molar-refractivity contribution is 7.90. The lowest BCUT2D eigenvalue weighted by Gasteiger charge is -2.34. The van der Waals surface area contributed by atoms with E-state index in [9.17, 15) is 21.6 Å². The summed E-state index contributed by atoms with van der Waals surface area (Å²) in [5, 5.41) is 0.159. The SMILES string of the molecule is CS(=O)(=O)c1ccc(OCC(=O)N2CCN(S(=O)(=O)c3ccccc3Cl)CC2)cc1. The second-order valence-electron chi connectivity index (χ2n) is 6.75. The summed E-state index contributed by atoms with van der Waals surface area (Å²) in [7, 11) is -7.03. The molecule has 3 rings (SSSR count). The molecule has 0 unspecified atom stereocenters. The third-order valence-corrected chi connectivity index (χ3v) is 8.19. The third-order valence-electron chi connectivity index (χ3n) is 4.66. The molecule has 0 atom stereocenters. The second kappa shape index (κ2) is 8.93. The Morgan fingerprint density at radius 1 is 0.967 bits per heavy atom. The molecular formula is C19H21ClN2O6S2. The van der Waals surface area contributed by atoms with Gasteiger partial charge >= 0.3 is 0 Å². The predicted molar refractivity (Wildman–Crippen MR) is 112 cm³/mol. The summed E-state index contributed by atoms with van der Waals surface area (Å²) in [5.74, 6) is 0.0904. The maximum atomic E-state index is 12.8. The first-order valence-corrected chi connectivity index (χ1v) is 12.8. The van der Waals surface area contributed by atoms with Crippen molar-refractivity contribution in [2.24, 2.45) is 0 Å². The lowest BCUT2D eigenvalue weighted by atomic mass is 10.3. The minimum absolute atomic E-state index is 0.0484. The number of nitrogens with zero attached hydrogens (tertiary/aromatic N) is 2. The maximum absolute atomic E-state index is 12.8. The van der Waals surface area contributed by atoms with Crippen molar-refractivity contribution < 1.29 is 26.4 Å². The Kier molecular flexibility index (Phi) is 6.71. The molecule has 0 spiro atoms. The summed E-state index contributed by atoms with van der Waals surface area (Å²) in [5.41, 5.74) is 0. The number of benzene rings is 2. The van der Waals surface area contributed by atoms with E-state index in [-0.39, 0.29) is 53.5 Å². The lowest BCUT2D eigenvalue weighted by molar-refractivity contribution is -0.134. The molecule has 0 aromatic heterocycles. The van der Waals surface area contributed by atoms with E-state index in [0.717, 1.165) is 6.26 Å². The van der Waals surface area contributed by atoms with Crippen molar-refractivity contribution in [2.45, 2.75) is 9.79 Å². The van der Waals surface area contributed by atoms with Gasteiger partial charge in [0.15, 0.2) is 16.4 Å². The van der Waals surface area contributed by atoms with Gasteiger partial charge in [0.1, 0.15) is 10.6 Å². The summed E-state index contributed by atoms with van der Waals surface area (Å²) in [6.07, 6.45) is 1.11. The average molecular weight is 473 g/mol. The summed E-state index contributed by atoms with van der Waals surface area (Å²) in [6, 6.07) is 12.0. The van der Waals surface area contributed by atoms with Crippen LogP contribution in [-0.4, -0.2) is 71.0 Å². The quantitative estimate of drug-likeness (QED) is 0.633. The first-order chi connectivity index (χ1) is 14.1. The highest BCUT2D eigenvalue weighted by Gasteiger charge is 2.31. The zero-order valence-corrected chi connectivity index (χ0v) is 18.6. The molecule has 2 aromatic carbocycles. The number of sulfone groups is 1. The Labute approximate surface area is 181 Å². The van der Waals surface area contributed by atoms with Crippen molar-refractivity contribution in [3.8, 4) is 5.75 Å². The van der Waals surface area contributed by atoms with Crippen LogP contribution in [0.15, 0.2) is 58.3 Å². The van der Waals surface area contributed by atoms with Gasteiger partial charge in [-0.2, -0.15) is 4.31 Å². The minimum atomic E-state index is -3.73. The number of amides is 1. The van der Waals surface area contributed by atoms with Crippen LogP contribution in [0, 0.1) is 0 Å². The molecule has 0 aliphatic carbocycles. The molecule has 0 bridgehead atoms. The van der Waals surface area contributed by atoms with Crippen molar-refractivity contribution in [3.05, 3.63) is 53.6 Å². The zero-order valence-electron chi connectivity index (χ0n) is 16.2. The normalized spacial score (nSPS) is 15.7. The number of ether oxygens (including phenoxy) is 1. The van der Waals surface area contributed by atoms with E-state index in [4.69, 9.17) is 16.3 Å². The Morgan fingerprint density at radius 3 is 2.13 bits per heavy atom. The van der Waals surface area contributed by atoms with E-state index in [1.165, 1.54) is 45.6 Å². The molecule has 8 nitrogen and oxygen atoms in total. The van der Waals surface area contributed by atoms with Gasteiger partial charge < -0.3 is 9.64 Å². The predicted octanol–water partition coefficient (Wildman–Crippen LogP) is 1.66. The van der Waals surface area contributed by atoms with Gasteiger partial charge in [0, 0.05) is 32.4 Å². The van der Waals surface area contributed by atoms with Crippen LogP contribution in [0.5, 0.6) is 5.75 Å². The average Bonchev–Trinajstić information content (AvgIpc) is 2.72. The van der Waals surface area contributed by atoms with Gasteiger partial charge in [0.25, 0.3) is 5.91 Å². The van der Waals surface area contributed by atoms with Crippen molar-refractivity contribution in [1.29, 1.82) is 0 Å². The summed E-state index contributed by atoms with van der Waals surface area (Å²) >= 11 is 6.02. The molecule has 1 heterocycles. The molecule has 0 radical (unpaired) electrons. The van der Waals surface area contributed by atoms with Crippen LogP contribution in [0.4, 0.5) is 0 Å². The summed E-state index contributed by atoms with van der Waals surface area (Å²) in [4.78, 5) is 14.1. The largest absolute Gasteiger partial charge is 0.484 e. The Hall–Kier alpha value is -2.14. The molecule has 1 amide bonds. The number of piperazine rings is 1. The summed E-state index contributed by atoms with van der Waals surface area (Å²) in [6.45, 7) is 0.554. The van der Waals surface area contributed by atoms with E-state index in [0.29, 0.717) is 5.75 Å². The fourth-order valence-corrected chi connectivity index (χ4v) is 5.54. The minimum Gasteiger partial charge on any atom is -0.484 e. The third kappa shape index (κ3) is 5.12. The van der Waals surface area contributed by atoms with Crippen LogP contribution in [0.2, 0.25) is 5.02 Å². The van der Waals surface area contributed by atoms with E-state index in [2.05, 4.69) is 0 Å². The number of hydrogen-bond acceptors (Lipinski definition) is 6. The number of carbonyl (C=O) groups is 1. The molecule has 1 saturated heterocycles. The molecule has 1 aliphatic heterocycles. The highest BCUT2D eigenvalue weighted by Crippen LogP contribution is 2.25. The van der Waals surface area contributed by atoms with Crippen LogP contribution in [0.3, 0.4) is 0 Å². The fraction of sp³-hybridized carbons (Fsp3) is 0.316. The number of sulfonamides is 1. The second-order valence-corrected chi connectivity index (χ2v) is 11.1. The first-order valence-electron chi connectivity index (χ1n) is 9.04. The number of rotatable bonds is 6. The Morgan fingerprint density at radius 2 is 1.57 bits per heavy atom. The molecule has 162 valence electrons. The van der Waals surface area contributed by atoms with Crippen LogP contribution >= 0.6 is 11.6 Å². The van der Waals surface area contributed by atoms with Gasteiger partial charge in [0.05, 0.1) is 9.92 Å². The van der Waals surface area contributed by atoms with Crippen LogP contribution in [0.25, 0.3) is 0 Å². The van der Waals surface area contributed by atoms with Crippen molar-refractivity contribution in [1.82, 2.24) is 9.21 Å². The smallest absolute Gasteiger partial charge is 0.260 e. The molecule has 2 aromatic rings. The van der Waals surface area contributed by atoms with Gasteiger partial charge in [0.2, 0.25) is 10.0 Å². The van der Waals surface area contributed by atoms with E-state index in [1.54, 1.807) is 12.1 Å². The molecule has 0 N–H and O–H groups in total. The first kappa shape index (κ1) is 22.5. The molecule has 11 heteroatoms. The zero-order chi connectivity index (χ0) is 21.9. The summed E-state index contributed by atoms with van der Waals surface area (Å²) < 4.78 is 55.2. The maximum Gasteiger partial charge on any atom is 0.260 e. The van der Waals surface area contributed by atoms with Crippen LogP contribution in [0.1, 0.15) is 0 Å². The fourth-order valence-electron chi connectivity index (χ4n) is 2.99. The van der Waals surface area contributed by atoms with Gasteiger partial charge in [-0.15, -0.1) is 0 Å². The number of hydrogen-bond donors (Lipinski definition) is 0. The Balaban J connectivity index is 1.55. The van der Waals surface area contributed by atoms with E-state index < -0.39 is 19.9 Å². The van der Waals surface area contributed by atoms with E-state index in [1.807, 2.05) is 0 Å². The molecular weight excluding hydrogens is 452 g/mol. The molecule has 0 saturated carbocycles. The standard InChI is InChI=1S/C19H21ClN2O6S2/c1-29(24,25)16-8-6-15(7-9-16)28-14-19(23)21-10-12-22(13-11-21)30(26,27)18-5-3-2-4-17(18)20/h2-9H,10-14H2,1H3. The number of carbonyl (C=O) groups excluding carboxylic acids is 1. The van der Waals surface area contributed by atoms with E-state index >= 15 is 0 Å².